The molecule has 0 saturated carbocycles. The van der Waals surface area contributed by atoms with Gasteiger partial charge < -0.3 is 8.98 Å². The first-order valence-corrected chi connectivity index (χ1v) is 42.2. The van der Waals surface area contributed by atoms with Crippen LogP contribution in [-0.2, 0) is 4.57 Å². The Labute approximate surface area is 689 Å². The molecule has 3 nitrogen and oxygen atoms in total. The van der Waals surface area contributed by atoms with Crippen LogP contribution in [0.2, 0.25) is 0 Å². The molecule has 1 heterocycles. The summed E-state index contributed by atoms with van der Waals surface area (Å²) in [5.74, 6) is 0. The number of furan rings is 1. The highest BCUT2D eigenvalue weighted by atomic mass is 31.2. The predicted octanol–water partition coefficient (Wildman–Crippen LogP) is 30.5. The van der Waals surface area contributed by atoms with E-state index in [9.17, 15) is 9.83 Å². The summed E-state index contributed by atoms with van der Waals surface area (Å²) in [7, 11) is -3.04. The summed E-state index contributed by atoms with van der Waals surface area (Å²) in [6, 6.07) is 160. The van der Waals surface area contributed by atoms with Crippen molar-refractivity contribution in [1.82, 2.24) is 0 Å². The Balaban J connectivity index is 0.000000112. The van der Waals surface area contributed by atoms with Gasteiger partial charge in [-0.25, -0.2) is 0 Å². The first kappa shape index (κ1) is 71.5. The molecule has 23 aromatic rings. The third-order valence-corrected chi connectivity index (χ3v) is 26.9. The van der Waals surface area contributed by atoms with Crippen molar-refractivity contribution in [2.75, 3.05) is 0 Å². The van der Waals surface area contributed by atoms with Crippen molar-refractivity contribution in [1.29, 1.82) is 5.26 Å². The van der Waals surface area contributed by atoms with Crippen LogP contribution in [-0.4, -0.2) is 0 Å². The quantitative estimate of drug-likeness (QED) is 0.101. The van der Waals surface area contributed by atoms with Gasteiger partial charge in [0.05, 0.1) is 11.6 Å². The predicted molar refractivity (Wildman–Crippen MR) is 506 cm³/mol. The lowest BCUT2D eigenvalue weighted by atomic mass is 9.85. The van der Waals surface area contributed by atoms with Crippen LogP contribution in [0.25, 0.3) is 197 Å². The number of nitrogens with zero attached hydrogens (tertiary/aromatic N) is 1. The molecule has 0 atom stereocenters. The Bertz CT molecular complexity index is 7950. The van der Waals surface area contributed by atoms with Gasteiger partial charge in [0, 0.05) is 32.2 Å². The van der Waals surface area contributed by atoms with Gasteiger partial charge >= 0.3 is 0 Å². The van der Waals surface area contributed by atoms with Gasteiger partial charge in [0.1, 0.15) is 11.2 Å². The van der Waals surface area contributed by atoms with Crippen LogP contribution in [0, 0.1) is 11.3 Å². The fraction of sp³-hybridized carbons (Fsp3) is 0. The van der Waals surface area contributed by atoms with Gasteiger partial charge in [0.15, 0.2) is 7.14 Å². The molecule has 0 spiro atoms. The third-order valence-electron chi connectivity index (χ3n) is 23.8. The average Bonchev–Trinajstić information content (AvgIpc) is 1.43. The SMILES string of the molecule is N#Cc1cccc(-c2cc(-c3ccccc3)c3c4ccccc4c4ccccc4c3c2)c1.O=P(c1ccccc1)(c1ccccc1)c1ccc(-c2cc(-c3ccccc3)c3c4ccccc4c4ccccc4c3c2)cc1.c1ccc(-c2cc(-c3ccccc3-c3cccc4c3oc3ccccc34)cc3c4ccccc4c4ccccc4c23)cc1. The van der Waals surface area contributed by atoms with E-state index in [4.69, 9.17) is 4.42 Å². The van der Waals surface area contributed by atoms with Crippen molar-refractivity contribution in [3.05, 3.63) is 454 Å². The molecule has 0 saturated heterocycles. The second-order valence-corrected chi connectivity index (χ2v) is 33.3. The molecule has 556 valence electrons. The van der Waals surface area contributed by atoms with E-state index < -0.39 is 7.14 Å². The third kappa shape index (κ3) is 12.7. The lowest BCUT2D eigenvalue weighted by molar-refractivity contribution is 0.592. The van der Waals surface area contributed by atoms with Crippen LogP contribution in [0.3, 0.4) is 0 Å². The van der Waals surface area contributed by atoms with Gasteiger partial charge in [-0.1, -0.05) is 394 Å². The molecule has 0 bridgehead atoms. The molecule has 0 aliphatic rings. The van der Waals surface area contributed by atoms with Crippen molar-refractivity contribution in [2.45, 2.75) is 0 Å². The summed E-state index contributed by atoms with van der Waals surface area (Å²) < 4.78 is 21.4. The molecule has 0 radical (unpaired) electrons. The maximum atomic E-state index is 15.0. The Kier molecular flexibility index (Phi) is 18.3. The zero-order chi connectivity index (χ0) is 79.3. The number of benzene rings is 22. The highest BCUT2D eigenvalue weighted by Gasteiger charge is 2.30. The molecule has 0 amide bonds. The minimum absolute atomic E-state index is 0.673. The monoisotopic (exact) mass is 1530 g/mol. The molecule has 22 aromatic carbocycles. The summed E-state index contributed by atoms with van der Waals surface area (Å²) in [6.07, 6.45) is 0. The van der Waals surface area contributed by atoms with Crippen LogP contribution in [0.15, 0.2) is 453 Å². The van der Waals surface area contributed by atoms with Crippen molar-refractivity contribution < 1.29 is 8.98 Å². The van der Waals surface area contributed by atoms with E-state index in [-0.39, 0.29) is 0 Å². The van der Waals surface area contributed by atoms with E-state index in [1.807, 2.05) is 84.9 Å². The number of para-hydroxylation sites is 2. The number of hydrogen-bond acceptors (Lipinski definition) is 3. The van der Waals surface area contributed by atoms with Crippen molar-refractivity contribution in [3.63, 3.8) is 0 Å². The highest BCUT2D eigenvalue weighted by Crippen LogP contribution is 2.50. The first-order valence-electron chi connectivity index (χ1n) is 40.5. The molecule has 0 N–H and O–H groups in total. The lowest BCUT2D eigenvalue weighted by Crippen LogP contribution is -2.24. The number of hydrogen-bond donors (Lipinski definition) is 0. The fourth-order valence-electron chi connectivity index (χ4n) is 18.4. The maximum absolute atomic E-state index is 15.0. The van der Waals surface area contributed by atoms with E-state index >= 15 is 0 Å². The summed E-state index contributed by atoms with van der Waals surface area (Å²) >= 11 is 0. The highest BCUT2D eigenvalue weighted by molar-refractivity contribution is 7.85. The molecule has 0 unspecified atom stereocenters. The Morgan fingerprint density at radius 2 is 0.496 bits per heavy atom. The van der Waals surface area contributed by atoms with Crippen LogP contribution in [0.4, 0.5) is 0 Å². The molecule has 0 aliphatic heterocycles. The maximum Gasteiger partial charge on any atom is 0.171 e. The second-order valence-electron chi connectivity index (χ2n) is 30.6. The largest absolute Gasteiger partial charge is 0.455 e. The summed E-state index contributed by atoms with van der Waals surface area (Å²) in [4.78, 5) is 0. The molecule has 4 heteroatoms. The summed E-state index contributed by atoms with van der Waals surface area (Å²) in [5.41, 5.74) is 18.8. The van der Waals surface area contributed by atoms with Crippen molar-refractivity contribution in [2.24, 2.45) is 0 Å². The van der Waals surface area contributed by atoms with Gasteiger partial charge in [0.25, 0.3) is 0 Å². The first-order chi connectivity index (χ1) is 58.9. The van der Waals surface area contributed by atoms with Gasteiger partial charge in [-0.15, -0.1) is 0 Å². The van der Waals surface area contributed by atoms with Gasteiger partial charge in [-0.3, -0.25) is 0 Å². The molecular formula is C115H74NO2P. The molecule has 0 fully saturated rings. The Morgan fingerprint density at radius 1 is 0.193 bits per heavy atom. The number of fused-ring (bicyclic) bond motifs is 21. The topological polar surface area (TPSA) is 54.0 Å². The average molecular weight is 1530 g/mol. The minimum Gasteiger partial charge on any atom is -0.455 e. The van der Waals surface area contributed by atoms with Gasteiger partial charge in [-0.05, 0) is 224 Å². The van der Waals surface area contributed by atoms with Gasteiger partial charge in [0.2, 0.25) is 0 Å². The molecule has 119 heavy (non-hydrogen) atoms. The zero-order valence-corrected chi connectivity index (χ0v) is 65.8. The van der Waals surface area contributed by atoms with Crippen LogP contribution in [0.5, 0.6) is 0 Å². The molecule has 0 aliphatic carbocycles. The summed E-state index contributed by atoms with van der Waals surface area (Å²) in [6.45, 7) is 0. The van der Waals surface area contributed by atoms with E-state index in [0.29, 0.717) is 5.56 Å². The van der Waals surface area contributed by atoms with Crippen molar-refractivity contribution in [3.8, 4) is 84.0 Å². The number of nitriles is 1. The second kappa shape index (κ2) is 30.5. The zero-order valence-electron chi connectivity index (χ0n) is 64.9. The minimum atomic E-state index is -3.04. The Hall–Kier alpha value is -15.3. The summed E-state index contributed by atoms with van der Waals surface area (Å²) in [5, 5.41) is 37.0. The fourth-order valence-corrected chi connectivity index (χ4v) is 21.1. The van der Waals surface area contributed by atoms with E-state index in [1.54, 1.807) is 0 Å². The molecule has 1 aromatic heterocycles. The molecular weight excluding hydrogens is 1460 g/mol. The smallest absolute Gasteiger partial charge is 0.171 e. The Morgan fingerprint density at radius 3 is 0.933 bits per heavy atom. The van der Waals surface area contributed by atoms with Gasteiger partial charge in [-0.2, -0.15) is 5.26 Å². The normalized spacial score (nSPS) is 11.6. The van der Waals surface area contributed by atoms with Crippen LogP contribution in [0.1, 0.15) is 5.56 Å². The standard InChI is InChI=1S/C42H29OP.C42H26O.C31H19N/c43-44(33-16-6-2-7-17-33,34-18-8-3-9-19-34)35-26-24-30(25-27-35)32-28-40(31-14-4-1-5-15-31)42-39-23-13-12-21-37(39)36-20-10-11-22-38(36)41(42)29-32;1-2-13-27(14-3-1)38-25-28(26-39-33-19-7-6-17-31(33)32-18-8-9-21-35(32)41(38)39)29-15-4-5-16-30(29)36-22-12-23-37-34-20-10-11-24-40(34)43-42(36)37;32-20-21-9-8-12-23(17-21)24-18-29(22-10-2-1-3-11-22)31-28-16-7-6-14-26(28)25-13-4-5-15-27(25)30(31)19-24/h1-29H;1-26H;1-19H. The van der Waals surface area contributed by atoms with E-state index in [2.05, 4.69) is 370 Å². The lowest BCUT2D eigenvalue weighted by Gasteiger charge is -2.20. The van der Waals surface area contributed by atoms with Crippen LogP contribution < -0.4 is 15.9 Å². The molecule has 23 rings (SSSR count). The number of rotatable bonds is 10. The van der Waals surface area contributed by atoms with Crippen molar-refractivity contribution >= 4 is 142 Å². The van der Waals surface area contributed by atoms with Crippen LogP contribution >= 0.6 is 7.14 Å². The van der Waals surface area contributed by atoms with E-state index in [1.165, 1.54) is 141 Å². The van der Waals surface area contributed by atoms with E-state index in [0.717, 1.165) is 71.2 Å².